The van der Waals surface area contributed by atoms with Crippen LogP contribution in [0.25, 0.3) is 0 Å². The van der Waals surface area contributed by atoms with Crippen LogP contribution in [0, 0.1) is 0 Å². The van der Waals surface area contributed by atoms with Crippen LogP contribution >= 0.6 is 0 Å². The van der Waals surface area contributed by atoms with Gasteiger partial charge in [0.25, 0.3) is 0 Å². The van der Waals surface area contributed by atoms with E-state index in [1.807, 2.05) is 47.4 Å². The number of benzene rings is 2. The monoisotopic (exact) mass is 477 g/mol. The summed E-state index contributed by atoms with van der Waals surface area (Å²) in [5.74, 6) is 0.955. The van der Waals surface area contributed by atoms with E-state index < -0.39 is 6.10 Å². The Balaban J connectivity index is 1.18. The molecule has 2 aromatic carbocycles. The van der Waals surface area contributed by atoms with E-state index >= 15 is 0 Å². The zero-order chi connectivity index (χ0) is 24.4. The number of ether oxygens (including phenoxy) is 1. The first-order chi connectivity index (χ1) is 17.0. The quantitative estimate of drug-likeness (QED) is 0.640. The van der Waals surface area contributed by atoms with Gasteiger partial charge in [-0.15, -0.1) is 0 Å². The molecule has 35 heavy (non-hydrogen) atoms. The molecule has 186 valence electrons. The molecule has 1 aliphatic carbocycles. The highest BCUT2D eigenvalue weighted by molar-refractivity contribution is 5.91. The average molecular weight is 478 g/mol. The molecule has 7 nitrogen and oxygen atoms in total. The van der Waals surface area contributed by atoms with E-state index in [2.05, 4.69) is 22.3 Å². The van der Waals surface area contributed by atoms with Crippen LogP contribution in [-0.2, 0) is 21.5 Å². The molecule has 0 radical (unpaired) electrons. The third-order valence-electron chi connectivity index (χ3n) is 7.93. The van der Waals surface area contributed by atoms with Gasteiger partial charge < -0.3 is 20.1 Å². The number of carbonyl (C=O) groups is 2. The lowest BCUT2D eigenvalue weighted by atomic mass is 9.92. The smallest absolute Gasteiger partial charge is 0.237 e. The number of β-amino-alcohol motifs (C(OH)–C–C–N with tert-alkyl or cyclic N) is 1. The second kappa shape index (κ2) is 9.99. The normalized spacial score (nSPS) is 24.2. The van der Waals surface area contributed by atoms with Crippen LogP contribution in [0.15, 0.2) is 54.6 Å². The second-order valence-electron chi connectivity index (χ2n) is 10.1. The number of hydrogen-bond acceptors (Lipinski definition) is 5. The summed E-state index contributed by atoms with van der Waals surface area (Å²) in [7, 11) is 1.63. The van der Waals surface area contributed by atoms with E-state index in [0.717, 1.165) is 42.6 Å². The number of piperidine rings is 1. The molecule has 2 amide bonds. The molecule has 0 spiro atoms. The Morgan fingerprint density at radius 2 is 1.83 bits per heavy atom. The van der Waals surface area contributed by atoms with Crippen molar-refractivity contribution in [3.63, 3.8) is 0 Å². The average Bonchev–Trinajstić information content (AvgIpc) is 3.63. The summed E-state index contributed by atoms with van der Waals surface area (Å²) in [5, 5.41) is 13.4. The van der Waals surface area contributed by atoms with E-state index in [0.29, 0.717) is 32.6 Å². The highest BCUT2D eigenvalue weighted by Crippen LogP contribution is 2.50. The summed E-state index contributed by atoms with van der Waals surface area (Å²) in [6.45, 7) is 2.32. The third-order valence-corrected chi connectivity index (χ3v) is 7.93. The third kappa shape index (κ3) is 4.93. The minimum Gasteiger partial charge on any atom is -0.497 e. The van der Waals surface area contributed by atoms with Crippen molar-refractivity contribution in [3.8, 4) is 5.75 Å². The van der Waals surface area contributed by atoms with Crippen molar-refractivity contribution in [2.45, 2.75) is 62.3 Å². The van der Waals surface area contributed by atoms with Crippen molar-refractivity contribution in [2.24, 2.45) is 0 Å². The highest BCUT2D eigenvalue weighted by atomic mass is 16.5. The number of methoxy groups -OCH3 is 1. The Kier molecular flexibility index (Phi) is 6.80. The van der Waals surface area contributed by atoms with Crippen LogP contribution in [0.4, 0.5) is 0 Å². The standard InChI is InChI=1S/C28H35N3O4/c1-35-24-9-5-6-20(16-24)18-29-26(33)25-17-23(32)19-31(25)22-10-14-30(15-11-22)27(34)28(12-13-28)21-7-3-2-4-8-21/h2-9,16,22-23,25,32H,10-15,17-19H2,1H3,(H,29,33)/t23-,25+/m1/s1. The molecule has 0 bridgehead atoms. The number of likely N-dealkylation sites (tertiary alicyclic amines) is 2. The van der Waals surface area contributed by atoms with Gasteiger partial charge in [0.15, 0.2) is 0 Å². The number of nitrogens with one attached hydrogen (secondary N) is 1. The molecule has 2 atom stereocenters. The fraction of sp³-hybridized carbons (Fsp3) is 0.500. The molecular weight excluding hydrogens is 442 g/mol. The maximum Gasteiger partial charge on any atom is 0.237 e. The molecule has 2 aromatic rings. The van der Waals surface area contributed by atoms with Crippen LogP contribution < -0.4 is 10.1 Å². The molecule has 1 saturated carbocycles. The first kappa shape index (κ1) is 23.8. The lowest BCUT2D eigenvalue weighted by Gasteiger charge is -2.40. The number of aliphatic hydroxyl groups is 1. The minimum absolute atomic E-state index is 0.0520. The SMILES string of the molecule is COc1cccc(CNC(=O)[C@@H]2C[C@@H](O)CN2C2CCN(C(=O)C3(c4ccccc4)CC3)CC2)c1. The van der Waals surface area contributed by atoms with Gasteiger partial charge in [0.05, 0.1) is 24.7 Å². The van der Waals surface area contributed by atoms with Crippen LogP contribution in [-0.4, -0.2) is 71.7 Å². The molecular formula is C28H35N3O4. The lowest BCUT2D eigenvalue weighted by molar-refractivity contribution is -0.136. The molecule has 2 heterocycles. The zero-order valence-corrected chi connectivity index (χ0v) is 20.4. The van der Waals surface area contributed by atoms with Gasteiger partial charge in [0, 0.05) is 32.2 Å². The second-order valence-corrected chi connectivity index (χ2v) is 10.1. The fourth-order valence-corrected chi connectivity index (χ4v) is 5.80. The first-order valence-corrected chi connectivity index (χ1v) is 12.7. The highest BCUT2D eigenvalue weighted by Gasteiger charge is 2.53. The number of rotatable bonds is 7. The van der Waals surface area contributed by atoms with Gasteiger partial charge in [-0.2, -0.15) is 0 Å². The Morgan fingerprint density at radius 3 is 2.51 bits per heavy atom. The van der Waals surface area contributed by atoms with E-state index in [1.54, 1.807) is 7.11 Å². The Hall–Kier alpha value is -2.90. The molecule has 2 N–H and O–H groups in total. The van der Waals surface area contributed by atoms with Crippen molar-refractivity contribution in [3.05, 3.63) is 65.7 Å². The van der Waals surface area contributed by atoms with Gasteiger partial charge in [-0.05, 0) is 55.4 Å². The van der Waals surface area contributed by atoms with E-state index in [-0.39, 0.29) is 29.3 Å². The van der Waals surface area contributed by atoms with Gasteiger partial charge >= 0.3 is 0 Å². The predicted molar refractivity (Wildman–Crippen MR) is 133 cm³/mol. The summed E-state index contributed by atoms with van der Waals surface area (Å²) in [6.07, 6.45) is 3.43. The minimum atomic E-state index is -0.505. The zero-order valence-electron chi connectivity index (χ0n) is 20.4. The molecule has 2 saturated heterocycles. The van der Waals surface area contributed by atoms with Crippen LogP contribution in [0.5, 0.6) is 5.75 Å². The Labute approximate surface area is 207 Å². The van der Waals surface area contributed by atoms with E-state index in [4.69, 9.17) is 4.74 Å². The molecule has 5 rings (SSSR count). The van der Waals surface area contributed by atoms with E-state index in [1.165, 1.54) is 0 Å². The van der Waals surface area contributed by atoms with Crippen molar-refractivity contribution in [1.82, 2.24) is 15.1 Å². The number of nitrogens with zero attached hydrogens (tertiary/aromatic N) is 2. The molecule has 7 heteroatoms. The molecule has 2 aliphatic heterocycles. The summed E-state index contributed by atoms with van der Waals surface area (Å²) < 4.78 is 5.27. The lowest BCUT2D eigenvalue weighted by Crippen LogP contribution is -2.53. The number of hydrogen-bond donors (Lipinski definition) is 2. The van der Waals surface area contributed by atoms with Crippen molar-refractivity contribution < 1.29 is 19.4 Å². The van der Waals surface area contributed by atoms with Gasteiger partial charge in [0.1, 0.15) is 5.75 Å². The van der Waals surface area contributed by atoms with Crippen molar-refractivity contribution >= 4 is 11.8 Å². The first-order valence-electron chi connectivity index (χ1n) is 12.7. The van der Waals surface area contributed by atoms with Gasteiger partial charge in [-0.3, -0.25) is 14.5 Å². The number of amides is 2. The molecule has 3 aliphatic rings. The molecule has 0 aromatic heterocycles. The number of carbonyl (C=O) groups excluding carboxylic acids is 2. The summed E-state index contributed by atoms with van der Waals surface area (Å²) >= 11 is 0. The van der Waals surface area contributed by atoms with Crippen molar-refractivity contribution in [1.29, 1.82) is 0 Å². The Bertz CT molecular complexity index is 1050. The van der Waals surface area contributed by atoms with Crippen LogP contribution in [0.3, 0.4) is 0 Å². The molecule has 0 unspecified atom stereocenters. The maximum absolute atomic E-state index is 13.4. The summed E-state index contributed by atoms with van der Waals surface area (Å²) in [4.78, 5) is 30.7. The topological polar surface area (TPSA) is 82.1 Å². The van der Waals surface area contributed by atoms with E-state index in [9.17, 15) is 14.7 Å². The van der Waals surface area contributed by atoms with Gasteiger partial charge in [0.2, 0.25) is 11.8 Å². The summed E-state index contributed by atoms with van der Waals surface area (Å²) in [5.41, 5.74) is 1.77. The fourth-order valence-electron chi connectivity index (χ4n) is 5.80. The van der Waals surface area contributed by atoms with Gasteiger partial charge in [-0.25, -0.2) is 0 Å². The van der Waals surface area contributed by atoms with Crippen LogP contribution in [0.1, 0.15) is 43.2 Å². The Morgan fingerprint density at radius 1 is 1.09 bits per heavy atom. The van der Waals surface area contributed by atoms with Crippen LogP contribution in [0.2, 0.25) is 0 Å². The molecule has 3 fully saturated rings. The maximum atomic E-state index is 13.4. The van der Waals surface area contributed by atoms with Gasteiger partial charge in [-0.1, -0.05) is 42.5 Å². The largest absolute Gasteiger partial charge is 0.497 e. The predicted octanol–water partition coefficient (Wildman–Crippen LogP) is 2.47. The summed E-state index contributed by atoms with van der Waals surface area (Å²) in [6, 6.07) is 17.6. The number of aliphatic hydroxyl groups excluding tert-OH is 1. The van der Waals surface area contributed by atoms with Crippen molar-refractivity contribution in [2.75, 3.05) is 26.7 Å².